The first-order chi connectivity index (χ1) is 15.5. The van der Waals surface area contributed by atoms with Crippen LogP contribution >= 0.6 is 11.6 Å². The average molecular weight is 465 g/mol. The largest absolute Gasteiger partial charge is 0.469 e. The standard InChI is InChI=1S/C27H41ClO4/c1-32-26(31)12-8-3-2-7-11-22-23(28)18-25(30)27(22)21-15-13-20(14-16-21)24(29)17-19-9-5-4-6-10-19/h13-16,19,22-25,27,29-30H,2-12,17-18H2,1H3/t22-,23-,24?,25+,27+/m0/s1. The Bertz CT molecular complexity index is 685. The Morgan fingerprint density at radius 1 is 1.09 bits per heavy atom. The second-order valence-corrected chi connectivity index (χ2v) is 10.5. The molecular formula is C27H41ClO4. The van der Waals surface area contributed by atoms with E-state index in [0.29, 0.717) is 18.8 Å². The first-order valence-corrected chi connectivity index (χ1v) is 13.1. The van der Waals surface area contributed by atoms with Crippen LogP contribution in [0, 0.1) is 11.8 Å². The van der Waals surface area contributed by atoms with Crippen LogP contribution in [0.15, 0.2) is 24.3 Å². The highest BCUT2D eigenvalue weighted by molar-refractivity contribution is 6.21. The number of benzene rings is 1. The quantitative estimate of drug-likeness (QED) is 0.230. The number of rotatable bonds is 11. The second kappa shape index (κ2) is 13.0. The summed E-state index contributed by atoms with van der Waals surface area (Å²) in [7, 11) is 1.43. The topological polar surface area (TPSA) is 66.8 Å². The van der Waals surface area contributed by atoms with Gasteiger partial charge in [0.1, 0.15) is 0 Å². The first kappa shape index (κ1) is 25.5. The van der Waals surface area contributed by atoms with Crippen LogP contribution < -0.4 is 0 Å². The van der Waals surface area contributed by atoms with Crippen molar-refractivity contribution in [3.05, 3.63) is 35.4 Å². The van der Waals surface area contributed by atoms with E-state index in [1.54, 1.807) is 0 Å². The third kappa shape index (κ3) is 7.20. The molecule has 0 spiro atoms. The Hall–Kier alpha value is -1.10. The van der Waals surface area contributed by atoms with Gasteiger partial charge in [0.15, 0.2) is 0 Å². The molecule has 4 nitrogen and oxygen atoms in total. The molecule has 32 heavy (non-hydrogen) atoms. The highest BCUT2D eigenvalue weighted by Crippen LogP contribution is 2.45. The summed E-state index contributed by atoms with van der Waals surface area (Å²) in [6, 6.07) is 8.26. The number of aliphatic hydroxyl groups is 2. The summed E-state index contributed by atoms with van der Waals surface area (Å²) < 4.78 is 4.69. The molecule has 1 aromatic rings. The Kier molecular flexibility index (Phi) is 10.3. The van der Waals surface area contributed by atoms with Crippen LogP contribution in [0.5, 0.6) is 0 Å². The van der Waals surface area contributed by atoms with Crippen molar-refractivity contribution in [1.29, 1.82) is 0 Å². The summed E-state index contributed by atoms with van der Waals surface area (Å²) in [5, 5.41) is 21.4. The predicted molar refractivity (Wildman–Crippen MR) is 129 cm³/mol. The van der Waals surface area contributed by atoms with E-state index in [1.165, 1.54) is 39.2 Å². The lowest BCUT2D eigenvalue weighted by molar-refractivity contribution is -0.140. The molecule has 5 heteroatoms. The number of hydrogen-bond donors (Lipinski definition) is 2. The number of methoxy groups -OCH3 is 1. The van der Waals surface area contributed by atoms with Crippen molar-refractivity contribution >= 4 is 17.6 Å². The number of ether oxygens (including phenoxy) is 1. The minimum Gasteiger partial charge on any atom is -0.469 e. The van der Waals surface area contributed by atoms with Crippen molar-refractivity contribution in [2.24, 2.45) is 11.8 Å². The molecule has 3 rings (SSSR count). The number of hydrogen-bond acceptors (Lipinski definition) is 4. The molecule has 0 bridgehead atoms. The summed E-state index contributed by atoms with van der Waals surface area (Å²) in [6.45, 7) is 0. The monoisotopic (exact) mass is 464 g/mol. The maximum atomic E-state index is 11.2. The summed E-state index contributed by atoms with van der Waals surface area (Å²) >= 11 is 6.65. The Labute approximate surface area is 198 Å². The minimum absolute atomic E-state index is 0.0124. The molecule has 2 saturated carbocycles. The van der Waals surface area contributed by atoms with Crippen molar-refractivity contribution in [1.82, 2.24) is 0 Å². The SMILES string of the molecule is COC(=O)CCCCCC[C@@H]1[C@@H](c2ccc(C(O)CC3CCCCC3)cc2)[C@H](O)C[C@@H]1Cl. The average Bonchev–Trinajstić information content (AvgIpc) is 3.09. The zero-order valence-electron chi connectivity index (χ0n) is 19.6. The molecule has 1 aromatic carbocycles. The van der Waals surface area contributed by atoms with E-state index in [4.69, 9.17) is 11.6 Å². The van der Waals surface area contributed by atoms with Gasteiger partial charge in [-0.2, -0.15) is 0 Å². The van der Waals surface area contributed by atoms with Gasteiger partial charge >= 0.3 is 5.97 Å². The summed E-state index contributed by atoms with van der Waals surface area (Å²) in [6.07, 6.45) is 12.5. The minimum atomic E-state index is -0.417. The van der Waals surface area contributed by atoms with Crippen LogP contribution in [0.1, 0.15) is 107 Å². The van der Waals surface area contributed by atoms with E-state index in [2.05, 4.69) is 16.9 Å². The number of aliphatic hydroxyl groups excluding tert-OH is 2. The summed E-state index contributed by atoms with van der Waals surface area (Å²) in [5.74, 6) is 0.809. The Balaban J connectivity index is 1.51. The van der Waals surface area contributed by atoms with Crippen molar-refractivity contribution in [2.45, 2.75) is 107 Å². The van der Waals surface area contributed by atoms with Crippen molar-refractivity contribution in [2.75, 3.05) is 7.11 Å². The molecule has 5 atom stereocenters. The van der Waals surface area contributed by atoms with Crippen molar-refractivity contribution in [3.63, 3.8) is 0 Å². The number of alkyl halides is 1. The van der Waals surface area contributed by atoms with E-state index in [1.807, 2.05) is 12.1 Å². The molecule has 0 saturated heterocycles. The van der Waals surface area contributed by atoms with Crippen molar-refractivity contribution in [3.8, 4) is 0 Å². The lowest BCUT2D eigenvalue weighted by Crippen LogP contribution is -2.19. The zero-order valence-corrected chi connectivity index (χ0v) is 20.3. The summed E-state index contributed by atoms with van der Waals surface area (Å²) in [4.78, 5) is 11.2. The molecule has 0 amide bonds. The fourth-order valence-corrected chi connectivity index (χ4v) is 6.28. The third-order valence-electron chi connectivity index (χ3n) is 7.69. The highest BCUT2D eigenvalue weighted by Gasteiger charge is 2.41. The van der Waals surface area contributed by atoms with Crippen LogP contribution in [0.3, 0.4) is 0 Å². The van der Waals surface area contributed by atoms with Gasteiger partial charge in [-0.3, -0.25) is 4.79 Å². The number of carbonyl (C=O) groups excluding carboxylic acids is 1. The maximum Gasteiger partial charge on any atom is 0.305 e. The smallest absolute Gasteiger partial charge is 0.305 e. The number of halogens is 1. The fourth-order valence-electron chi connectivity index (χ4n) is 5.81. The lowest BCUT2D eigenvalue weighted by Gasteiger charge is -2.26. The van der Waals surface area contributed by atoms with E-state index >= 15 is 0 Å². The third-order valence-corrected chi connectivity index (χ3v) is 8.19. The molecule has 2 aliphatic rings. The van der Waals surface area contributed by atoms with Gasteiger partial charge in [0, 0.05) is 17.7 Å². The molecular weight excluding hydrogens is 424 g/mol. The zero-order chi connectivity index (χ0) is 22.9. The molecule has 2 fully saturated rings. The van der Waals surface area contributed by atoms with E-state index < -0.39 is 12.2 Å². The van der Waals surface area contributed by atoms with Gasteiger partial charge in [-0.15, -0.1) is 11.6 Å². The van der Waals surface area contributed by atoms with Gasteiger partial charge in [0.25, 0.3) is 0 Å². The van der Waals surface area contributed by atoms with Crippen molar-refractivity contribution < 1.29 is 19.7 Å². The van der Waals surface area contributed by atoms with E-state index in [-0.39, 0.29) is 23.2 Å². The molecule has 0 aromatic heterocycles. The van der Waals surface area contributed by atoms with E-state index in [0.717, 1.165) is 49.7 Å². The molecule has 180 valence electrons. The number of carbonyl (C=O) groups is 1. The molecule has 2 aliphatic carbocycles. The summed E-state index contributed by atoms with van der Waals surface area (Å²) in [5.41, 5.74) is 2.11. The van der Waals surface area contributed by atoms with Crippen LogP contribution in [0.25, 0.3) is 0 Å². The maximum absolute atomic E-state index is 11.2. The number of unbranched alkanes of at least 4 members (excludes halogenated alkanes) is 3. The first-order valence-electron chi connectivity index (χ1n) is 12.7. The number of esters is 1. The lowest BCUT2D eigenvalue weighted by atomic mass is 9.82. The predicted octanol–water partition coefficient (Wildman–Crippen LogP) is 6.28. The van der Waals surface area contributed by atoms with Crippen LogP contribution in [0.4, 0.5) is 0 Å². The normalized spacial score (nSPS) is 27.4. The van der Waals surface area contributed by atoms with Gasteiger partial charge in [0.05, 0.1) is 19.3 Å². The van der Waals surface area contributed by atoms with Gasteiger partial charge in [0.2, 0.25) is 0 Å². The van der Waals surface area contributed by atoms with Gasteiger partial charge in [-0.25, -0.2) is 0 Å². The molecule has 1 unspecified atom stereocenters. The highest BCUT2D eigenvalue weighted by atomic mass is 35.5. The van der Waals surface area contributed by atoms with Gasteiger partial charge in [-0.05, 0) is 48.6 Å². The Morgan fingerprint density at radius 3 is 2.47 bits per heavy atom. The molecule has 2 N–H and O–H groups in total. The Morgan fingerprint density at radius 2 is 1.78 bits per heavy atom. The van der Waals surface area contributed by atoms with E-state index in [9.17, 15) is 15.0 Å². The molecule has 0 aliphatic heterocycles. The van der Waals surface area contributed by atoms with Crippen LogP contribution in [-0.2, 0) is 9.53 Å². The van der Waals surface area contributed by atoms with Crippen LogP contribution in [-0.4, -0.2) is 34.8 Å². The van der Waals surface area contributed by atoms with Crippen LogP contribution in [0.2, 0.25) is 0 Å². The molecule has 0 radical (unpaired) electrons. The van der Waals surface area contributed by atoms with Gasteiger partial charge < -0.3 is 14.9 Å². The van der Waals surface area contributed by atoms with Gasteiger partial charge in [-0.1, -0.05) is 75.6 Å². The fraction of sp³-hybridized carbons (Fsp3) is 0.741. The second-order valence-electron chi connectivity index (χ2n) is 9.96. The molecule has 0 heterocycles.